The van der Waals surface area contributed by atoms with Gasteiger partial charge in [-0.3, -0.25) is 9.69 Å². The van der Waals surface area contributed by atoms with E-state index < -0.39 is 0 Å². The van der Waals surface area contributed by atoms with Crippen molar-refractivity contribution in [3.63, 3.8) is 0 Å². The Morgan fingerprint density at radius 1 is 1.44 bits per heavy atom. The first-order valence-corrected chi connectivity index (χ1v) is 5.48. The van der Waals surface area contributed by atoms with E-state index in [-0.39, 0.29) is 23.8 Å². The molecule has 3 heteroatoms. The summed E-state index contributed by atoms with van der Waals surface area (Å²) in [4.78, 5) is 14.3. The summed E-state index contributed by atoms with van der Waals surface area (Å²) in [5.74, 6) is -0.0479. The molecule has 1 saturated heterocycles. The Labute approximate surface area is 94.3 Å². The van der Waals surface area contributed by atoms with Gasteiger partial charge in [0.2, 0.25) is 0 Å². The van der Waals surface area contributed by atoms with E-state index in [9.17, 15) is 4.79 Å². The lowest BCUT2D eigenvalue weighted by molar-refractivity contribution is 0.0821. The van der Waals surface area contributed by atoms with Gasteiger partial charge in [-0.25, -0.2) is 0 Å². The van der Waals surface area contributed by atoms with Gasteiger partial charge in [-0.15, -0.1) is 0 Å². The van der Waals surface area contributed by atoms with Crippen molar-refractivity contribution >= 4 is 5.78 Å². The number of benzene rings is 1. The zero-order valence-electron chi connectivity index (χ0n) is 9.05. The van der Waals surface area contributed by atoms with Gasteiger partial charge in [0.05, 0.1) is 18.0 Å². The molecule has 2 aliphatic heterocycles. The molecule has 3 rings (SSSR count). The smallest absolute Gasteiger partial charge is 0.181 e. The fourth-order valence-corrected chi connectivity index (χ4v) is 3.02. The molecule has 80 valence electrons. The minimum absolute atomic E-state index is 0.110. The highest BCUT2D eigenvalue weighted by Gasteiger charge is 2.48. The highest BCUT2D eigenvalue weighted by molar-refractivity contribution is 6.03. The summed E-state index contributed by atoms with van der Waals surface area (Å²) < 4.78 is 0. The second-order valence-corrected chi connectivity index (χ2v) is 4.55. The summed E-state index contributed by atoms with van der Waals surface area (Å²) in [6.45, 7) is 0. The van der Waals surface area contributed by atoms with Crippen LogP contribution in [0.5, 0.6) is 0 Å². The number of likely N-dealkylation sites (N-methyl/N-ethyl adjacent to an activating group) is 1. The molecule has 2 bridgehead atoms. The Morgan fingerprint density at radius 2 is 2.19 bits per heavy atom. The molecule has 0 spiro atoms. The molecule has 0 aliphatic carbocycles. The van der Waals surface area contributed by atoms with Gasteiger partial charge in [0, 0.05) is 11.6 Å². The third-order valence-electron chi connectivity index (χ3n) is 3.81. The minimum atomic E-state index is -0.232. The number of ketones is 1. The first-order valence-electron chi connectivity index (χ1n) is 5.48. The number of carbonyl (C=O) groups is 1. The lowest BCUT2D eigenvalue weighted by atomic mass is 9.92. The van der Waals surface area contributed by atoms with E-state index >= 15 is 0 Å². The summed E-state index contributed by atoms with van der Waals surface area (Å²) >= 11 is 0. The van der Waals surface area contributed by atoms with Crippen molar-refractivity contribution in [3.8, 4) is 6.07 Å². The Hall–Kier alpha value is -1.66. The highest BCUT2D eigenvalue weighted by atomic mass is 16.1. The van der Waals surface area contributed by atoms with Crippen LogP contribution in [-0.4, -0.2) is 23.8 Å². The summed E-state index contributed by atoms with van der Waals surface area (Å²) in [6.07, 6.45) is 0.778. The van der Waals surface area contributed by atoms with Crippen molar-refractivity contribution in [2.24, 2.45) is 5.92 Å². The first kappa shape index (κ1) is 9.56. The number of rotatable bonds is 0. The first-order chi connectivity index (χ1) is 7.74. The molecule has 0 unspecified atom stereocenters. The highest BCUT2D eigenvalue weighted by Crippen LogP contribution is 2.45. The zero-order chi connectivity index (χ0) is 11.3. The number of carbonyl (C=O) groups excluding carboxylic acids is 1. The minimum Gasteiger partial charge on any atom is -0.292 e. The second-order valence-electron chi connectivity index (χ2n) is 4.55. The van der Waals surface area contributed by atoms with Crippen molar-refractivity contribution in [2.45, 2.75) is 18.5 Å². The van der Waals surface area contributed by atoms with Crippen LogP contribution in [0, 0.1) is 17.2 Å². The van der Waals surface area contributed by atoms with Gasteiger partial charge >= 0.3 is 0 Å². The molecule has 3 atom stereocenters. The van der Waals surface area contributed by atoms with Crippen LogP contribution in [0.25, 0.3) is 0 Å². The number of nitriles is 1. The normalized spacial score (nSPS) is 32.2. The largest absolute Gasteiger partial charge is 0.292 e. The average molecular weight is 212 g/mol. The number of hydrogen-bond donors (Lipinski definition) is 0. The standard InChI is InChI=1S/C13H12N2O/c1-15-11-6-8(7-14)12(15)13(16)10-5-3-2-4-9(10)11/h2-5,8,11-12H,6H2,1H3/t8-,11-,12+/m0/s1. The van der Waals surface area contributed by atoms with Gasteiger partial charge in [0.15, 0.2) is 5.78 Å². The van der Waals surface area contributed by atoms with Crippen molar-refractivity contribution < 1.29 is 4.79 Å². The van der Waals surface area contributed by atoms with E-state index in [1.807, 2.05) is 31.3 Å². The molecule has 0 N–H and O–H groups in total. The van der Waals surface area contributed by atoms with Crippen LogP contribution in [0.1, 0.15) is 28.4 Å². The monoisotopic (exact) mass is 212 g/mol. The summed E-state index contributed by atoms with van der Waals surface area (Å²) in [7, 11) is 1.94. The van der Waals surface area contributed by atoms with Gasteiger partial charge < -0.3 is 0 Å². The predicted octanol–water partition coefficient (Wildman–Crippen LogP) is 1.77. The molecule has 2 aliphatic rings. The fourth-order valence-electron chi connectivity index (χ4n) is 3.02. The quantitative estimate of drug-likeness (QED) is 0.658. The molecule has 3 nitrogen and oxygen atoms in total. The Kier molecular flexibility index (Phi) is 1.89. The molecule has 2 heterocycles. The van der Waals surface area contributed by atoms with E-state index in [1.165, 1.54) is 0 Å². The van der Waals surface area contributed by atoms with Gasteiger partial charge in [0.1, 0.15) is 0 Å². The number of Topliss-reactive ketones (excluding diaryl/α,β-unsaturated/α-hetero) is 1. The topological polar surface area (TPSA) is 44.1 Å². The molecule has 0 saturated carbocycles. The molecule has 0 radical (unpaired) electrons. The Morgan fingerprint density at radius 3 is 2.94 bits per heavy atom. The van der Waals surface area contributed by atoms with Gasteiger partial charge in [-0.1, -0.05) is 24.3 Å². The summed E-state index contributed by atoms with van der Waals surface area (Å²) in [5.41, 5.74) is 1.90. The summed E-state index contributed by atoms with van der Waals surface area (Å²) in [5, 5.41) is 9.10. The SMILES string of the molecule is CN1[C@H]2C[C@@H](C#N)[C@@H]1C(=O)c1ccccc12. The Balaban J connectivity index is 2.19. The van der Waals surface area contributed by atoms with E-state index in [4.69, 9.17) is 5.26 Å². The third kappa shape index (κ3) is 1.03. The second kappa shape index (κ2) is 3.16. The lowest BCUT2D eigenvalue weighted by Gasteiger charge is -2.31. The molecule has 1 aromatic carbocycles. The maximum absolute atomic E-state index is 12.3. The molecule has 0 amide bonds. The number of nitrogens with zero attached hydrogens (tertiary/aromatic N) is 2. The van der Waals surface area contributed by atoms with Crippen LogP contribution >= 0.6 is 0 Å². The lowest BCUT2D eigenvalue weighted by Crippen LogP contribution is -2.41. The molecular formula is C13H12N2O. The van der Waals surface area contributed by atoms with Gasteiger partial charge in [-0.2, -0.15) is 5.26 Å². The predicted molar refractivity (Wildman–Crippen MR) is 58.8 cm³/mol. The van der Waals surface area contributed by atoms with E-state index in [1.54, 1.807) is 0 Å². The molecule has 0 aromatic heterocycles. The van der Waals surface area contributed by atoms with Gasteiger partial charge in [-0.05, 0) is 19.0 Å². The van der Waals surface area contributed by atoms with Crippen molar-refractivity contribution in [1.82, 2.24) is 4.90 Å². The molecule has 1 fully saturated rings. The maximum Gasteiger partial charge on any atom is 0.181 e. The van der Waals surface area contributed by atoms with Gasteiger partial charge in [0.25, 0.3) is 0 Å². The van der Waals surface area contributed by atoms with Crippen LogP contribution in [0.3, 0.4) is 0 Å². The van der Waals surface area contributed by atoms with Crippen LogP contribution in [0.15, 0.2) is 24.3 Å². The summed E-state index contributed by atoms with van der Waals surface area (Å²) in [6, 6.07) is 10.0. The molecule has 16 heavy (non-hydrogen) atoms. The fraction of sp³-hybridized carbons (Fsp3) is 0.385. The van der Waals surface area contributed by atoms with Crippen molar-refractivity contribution in [3.05, 3.63) is 35.4 Å². The van der Waals surface area contributed by atoms with Crippen molar-refractivity contribution in [2.75, 3.05) is 7.05 Å². The Bertz CT molecular complexity index is 503. The number of fused-ring (bicyclic) bond motifs is 4. The van der Waals surface area contributed by atoms with E-state index in [0.717, 1.165) is 17.5 Å². The maximum atomic E-state index is 12.3. The number of hydrogen-bond acceptors (Lipinski definition) is 3. The molecular weight excluding hydrogens is 200 g/mol. The van der Waals surface area contributed by atoms with E-state index in [0.29, 0.717) is 0 Å². The van der Waals surface area contributed by atoms with Crippen LogP contribution in [0.2, 0.25) is 0 Å². The van der Waals surface area contributed by atoms with Crippen LogP contribution in [-0.2, 0) is 0 Å². The molecule has 1 aromatic rings. The zero-order valence-corrected chi connectivity index (χ0v) is 9.05. The third-order valence-corrected chi connectivity index (χ3v) is 3.81. The van der Waals surface area contributed by atoms with E-state index in [2.05, 4.69) is 11.0 Å². The van der Waals surface area contributed by atoms with Crippen LogP contribution in [0.4, 0.5) is 0 Å². The van der Waals surface area contributed by atoms with Crippen LogP contribution < -0.4 is 0 Å². The van der Waals surface area contributed by atoms with Crippen molar-refractivity contribution in [1.29, 1.82) is 5.26 Å². The average Bonchev–Trinajstić information content (AvgIpc) is 2.58.